The number of alkyl halides is 2. The van der Waals surface area contributed by atoms with E-state index in [-0.39, 0.29) is 18.3 Å². The fourth-order valence-electron chi connectivity index (χ4n) is 5.19. The fraction of sp³-hybridized carbons (Fsp3) is 0.625. The summed E-state index contributed by atoms with van der Waals surface area (Å²) < 4.78 is 57.5. The van der Waals surface area contributed by atoms with Gasteiger partial charge in [-0.2, -0.15) is 5.26 Å². The molecule has 1 aromatic rings. The molecule has 2 fully saturated rings. The molecule has 0 amide bonds. The largest absolute Gasteiger partial charge is 0.251 e. The molecule has 0 N–H and O–H groups in total. The van der Waals surface area contributed by atoms with Crippen LogP contribution >= 0.6 is 0 Å². The molecule has 0 aromatic heterocycles. The lowest BCUT2D eigenvalue weighted by atomic mass is 9.73. The Morgan fingerprint density at radius 1 is 1.00 bits per heavy atom. The van der Waals surface area contributed by atoms with Crippen LogP contribution in [0.4, 0.5) is 17.6 Å². The third kappa shape index (κ3) is 5.21. The van der Waals surface area contributed by atoms with E-state index in [1.165, 1.54) is 18.2 Å². The van der Waals surface area contributed by atoms with Gasteiger partial charge in [0, 0.05) is 12.3 Å². The lowest BCUT2D eigenvalue weighted by Gasteiger charge is -2.36. The summed E-state index contributed by atoms with van der Waals surface area (Å²) in [6, 6.07) is 3.98. The summed E-state index contributed by atoms with van der Waals surface area (Å²) in [5.41, 5.74) is -0.0299. The summed E-state index contributed by atoms with van der Waals surface area (Å²) in [5, 5.41) is 8.79. The number of allylic oxidation sites excluding steroid dienone is 2. The second kappa shape index (κ2) is 9.32. The Morgan fingerprint density at radius 3 is 2.10 bits per heavy atom. The van der Waals surface area contributed by atoms with E-state index in [1.54, 1.807) is 0 Å². The summed E-state index contributed by atoms with van der Waals surface area (Å²) in [6.45, 7) is 1.97. The van der Waals surface area contributed by atoms with Crippen molar-refractivity contribution in [2.45, 2.75) is 76.6 Å². The van der Waals surface area contributed by atoms with Gasteiger partial charge in [0.15, 0.2) is 0 Å². The van der Waals surface area contributed by atoms with E-state index < -0.39 is 29.0 Å². The molecular formula is C24H29F4N. The smallest absolute Gasteiger partial charge is 0.207 e. The van der Waals surface area contributed by atoms with Crippen LogP contribution in [0, 0.1) is 40.7 Å². The van der Waals surface area contributed by atoms with Crippen molar-refractivity contribution >= 4 is 0 Å². The van der Waals surface area contributed by atoms with Crippen LogP contribution in [0.5, 0.6) is 0 Å². The highest BCUT2D eigenvalue weighted by molar-refractivity contribution is 5.36. The van der Waals surface area contributed by atoms with Crippen molar-refractivity contribution in [3.63, 3.8) is 0 Å². The number of benzene rings is 1. The maximum Gasteiger partial charge on any atom is 0.251 e. The van der Waals surface area contributed by atoms with Gasteiger partial charge in [-0.25, -0.2) is 17.6 Å². The normalized spacial score (nSPS) is 28.4. The third-order valence-electron chi connectivity index (χ3n) is 6.89. The second-order valence-electron chi connectivity index (χ2n) is 8.79. The van der Waals surface area contributed by atoms with Crippen molar-refractivity contribution in [1.29, 1.82) is 5.26 Å². The standard InChI is InChI=1S/C24H29F4N/c1-2-3-16-6-10-20(11-7-16)24(27,28)14-17-4-8-18(9-5-17)19-12-22(25)21(15-29)23(26)13-19/h2-3,12-13,16-18,20H,4-11,14H2,1H3/b3-2+. The first-order valence-electron chi connectivity index (χ1n) is 10.7. The Labute approximate surface area is 170 Å². The molecule has 29 heavy (non-hydrogen) atoms. The zero-order valence-electron chi connectivity index (χ0n) is 16.9. The molecule has 1 nitrogen and oxygen atoms in total. The van der Waals surface area contributed by atoms with E-state index in [2.05, 4.69) is 6.08 Å². The number of hydrogen-bond donors (Lipinski definition) is 0. The van der Waals surface area contributed by atoms with Crippen molar-refractivity contribution in [2.75, 3.05) is 0 Å². The zero-order chi connectivity index (χ0) is 21.0. The molecule has 0 aliphatic heterocycles. The zero-order valence-corrected chi connectivity index (χ0v) is 16.9. The maximum absolute atomic E-state index is 14.9. The van der Waals surface area contributed by atoms with Gasteiger partial charge < -0.3 is 0 Å². The highest BCUT2D eigenvalue weighted by Crippen LogP contribution is 2.46. The van der Waals surface area contributed by atoms with Gasteiger partial charge in [-0.3, -0.25) is 0 Å². The molecule has 0 radical (unpaired) electrons. The molecule has 0 heterocycles. The van der Waals surface area contributed by atoms with E-state index in [9.17, 15) is 17.6 Å². The summed E-state index contributed by atoms with van der Waals surface area (Å²) in [6.07, 6.45) is 9.52. The average Bonchev–Trinajstić information content (AvgIpc) is 2.69. The molecule has 2 saturated carbocycles. The minimum atomic E-state index is -2.63. The third-order valence-corrected chi connectivity index (χ3v) is 6.89. The Balaban J connectivity index is 1.54. The summed E-state index contributed by atoms with van der Waals surface area (Å²) >= 11 is 0. The molecule has 0 spiro atoms. The van der Waals surface area contributed by atoms with Crippen LogP contribution < -0.4 is 0 Å². The first-order valence-corrected chi connectivity index (χ1v) is 10.7. The van der Waals surface area contributed by atoms with Crippen molar-refractivity contribution in [1.82, 2.24) is 0 Å². The van der Waals surface area contributed by atoms with Crippen molar-refractivity contribution in [3.8, 4) is 6.07 Å². The van der Waals surface area contributed by atoms with Gasteiger partial charge in [0.25, 0.3) is 5.92 Å². The number of halogens is 4. The van der Waals surface area contributed by atoms with Gasteiger partial charge in [-0.1, -0.05) is 12.2 Å². The van der Waals surface area contributed by atoms with Gasteiger partial charge in [0.1, 0.15) is 23.3 Å². The molecule has 2 aliphatic carbocycles. The van der Waals surface area contributed by atoms with Gasteiger partial charge in [0.2, 0.25) is 0 Å². The van der Waals surface area contributed by atoms with E-state index >= 15 is 0 Å². The summed E-state index contributed by atoms with van der Waals surface area (Å²) in [7, 11) is 0. The topological polar surface area (TPSA) is 23.8 Å². The molecule has 0 unspecified atom stereocenters. The van der Waals surface area contributed by atoms with E-state index in [0.717, 1.165) is 12.8 Å². The average molecular weight is 407 g/mol. The summed E-state index contributed by atoms with van der Waals surface area (Å²) in [4.78, 5) is 0. The van der Waals surface area contributed by atoms with E-state index in [0.29, 0.717) is 50.0 Å². The second-order valence-corrected chi connectivity index (χ2v) is 8.79. The number of nitrogens with zero attached hydrogens (tertiary/aromatic N) is 1. The monoisotopic (exact) mass is 407 g/mol. The Bertz CT molecular complexity index is 741. The van der Waals surface area contributed by atoms with Crippen LogP contribution in [-0.2, 0) is 0 Å². The summed E-state index contributed by atoms with van der Waals surface area (Å²) in [5.74, 6) is -4.48. The van der Waals surface area contributed by atoms with Crippen molar-refractivity contribution in [3.05, 3.63) is 47.0 Å². The molecular weight excluding hydrogens is 378 g/mol. The Morgan fingerprint density at radius 2 is 1.59 bits per heavy atom. The van der Waals surface area contributed by atoms with Crippen LogP contribution in [0.2, 0.25) is 0 Å². The van der Waals surface area contributed by atoms with Gasteiger partial charge in [-0.05, 0) is 93.7 Å². The molecule has 0 saturated heterocycles. The molecule has 1 aromatic carbocycles. The lowest BCUT2D eigenvalue weighted by molar-refractivity contribution is -0.0939. The maximum atomic E-state index is 14.9. The van der Waals surface area contributed by atoms with Crippen LogP contribution in [-0.4, -0.2) is 5.92 Å². The van der Waals surface area contributed by atoms with Crippen molar-refractivity contribution in [2.24, 2.45) is 17.8 Å². The first kappa shape index (κ1) is 21.9. The minimum absolute atomic E-state index is 0.0344. The number of nitriles is 1. The van der Waals surface area contributed by atoms with Gasteiger partial charge in [-0.15, -0.1) is 0 Å². The first-order chi connectivity index (χ1) is 13.8. The highest BCUT2D eigenvalue weighted by Gasteiger charge is 2.43. The molecule has 0 atom stereocenters. The van der Waals surface area contributed by atoms with Crippen LogP contribution in [0.1, 0.15) is 81.8 Å². The number of rotatable bonds is 5. The Kier molecular flexibility index (Phi) is 7.03. The van der Waals surface area contributed by atoms with Crippen molar-refractivity contribution < 1.29 is 17.6 Å². The number of hydrogen-bond acceptors (Lipinski definition) is 1. The predicted octanol–water partition coefficient (Wildman–Crippen LogP) is 7.52. The van der Waals surface area contributed by atoms with Crippen LogP contribution in [0.15, 0.2) is 24.3 Å². The molecule has 2 aliphatic rings. The Hall–Kier alpha value is -1.83. The molecule has 0 bridgehead atoms. The fourth-order valence-corrected chi connectivity index (χ4v) is 5.19. The highest BCUT2D eigenvalue weighted by atomic mass is 19.3. The van der Waals surface area contributed by atoms with Gasteiger partial charge in [0.05, 0.1) is 0 Å². The molecule has 158 valence electrons. The SMILES string of the molecule is C/C=C/C1CCC(C(F)(F)CC2CCC(c3cc(F)c(C#N)c(F)c3)CC2)CC1. The van der Waals surface area contributed by atoms with E-state index in [4.69, 9.17) is 5.26 Å². The van der Waals surface area contributed by atoms with E-state index in [1.807, 2.05) is 13.0 Å². The molecule has 3 rings (SSSR count). The minimum Gasteiger partial charge on any atom is -0.207 e. The molecule has 5 heteroatoms. The predicted molar refractivity (Wildman–Crippen MR) is 106 cm³/mol. The van der Waals surface area contributed by atoms with Gasteiger partial charge >= 0.3 is 0 Å². The van der Waals surface area contributed by atoms with Crippen LogP contribution in [0.25, 0.3) is 0 Å². The lowest BCUT2D eigenvalue weighted by Crippen LogP contribution is -2.34. The van der Waals surface area contributed by atoms with Crippen LogP contribution in [0.3, 0.4) is 0 Å². The quantitative estimate of drug-likeness (QED) is 0.366.